The number of carboxylic acids is 1. The van der Waals surface area contributed by atoms with Gasteiger partial charge in [0.15, 0.2) is 0 Å². The van der Waals surface area contributed by atoms with Gasteiger partial charge in [-0.1, -0.05) is 6.07 Å². The fourth-order valence-corrected chi connectivity index (χ4v) is 2.41. The number of anilines is 1. The van der Waals surface area contributed by atoms with Gasteiger partial charge < -0.3 is 26.0 Å². The molecular formula is C16H22N4O4. The third-order valence-electron chi connectivity index (χ3n) is 3.67. The van der Waals surface area contributed by atoms with Crippen LogP contribution in [-0.2, 0) is 9.59 Å². The second kappa shape index (κ2) is 8.99. The van der Waals surface area contributed by atoms with E-state index in [1.807, 2.05) is 0 Å². The van der Waals surface area contributed by atoms with Gasteiger partial charge in [0.05, 0.1) is 0 Å². The number of hydrogen-bond acceptors (Lipinski definition) is 5. The molecule has 2 rings (SSSR count). The number of rotatable bonds is 7. The molecule has 0 atom stereocenters. The highest BCUT2D eigenvalue weighted by Crippen LogP contribution is 2.11. The minimum Gasteiger partial charge on any atom is -0.480 e. The quantitative estimate of drug-likeness (QED) is 0.547. The summed E-state index contributed by atoms with van der Waals surface area (Å²) >= 11 is 0. The summed E-state index contributed by atoms with van der Waals surface area (Å²) in [7, 11) is 0. The number of benzene rings is 1. The van der Waals surface area contributed by atoms with Gasteiger partial charge in [-0.2, -0.15) is 0 Å². The molecule has 1 aromatic carbocycles. The van der Waals surface area contributed by atoms with Crippen molar-refractivity contribution in [3.8, 4) is 0 Å². The van der Waals surface area contributed by atoms with E-state index in [1.54, 1.807) is 18.2 Å². The van der Waals surface area contributed by atoms with Crippen LogP contribution in [0.1, 0.15) is 16.8 Å². The molecule has 8 nitrogen and oxygen atoms in total. The lowest BCUT2D eigenvalue weighted by molar-refractivity contribution is -0.135. The van der Waals surface area contributed by atoms with E-state index in [0.717, 1.165) is 26.2 Å². The van der Waals surface area contributed by atoms with Crippen LogP contribution in [0.15, 0.2) is 24.3 Å². The summed E-state index contributed by atoms with van der Waals surface area (Å²) in [6.07, 6.45) is 0.384. The lowest BCUT2D eigenvalue weighted by Crippen LogP contribution is -2.44. The number of carbonyl (C=O) groups excluding carboxylic acids is 2. The Morgan fingerprint density at radius 2 is 1.96 bits per heavy atom. The lowest BCUT2D eigenvalue weighted by atomic mass is 10.2. The first kappa shape index (κ1) is 17.9. The fraction of sp³-hybridized carbons (Fsp3) is 0.438. The second-order valence-corrected chi connectivity index (χ2v) is 5.55. The minimum absolute atomic E-state index is 0.114. The molecule has 0 radical (unpaired) electrons. The molecule has 0 unspecified atom stereocenters. The number of nitrogens with zero attached hydrogens (tertiary/aromatic N) is 1. The number of nitrogens with one attached hydrogen (secondary N) is 3. The van der Waals surface area contributed by atoms with Gasteiger partial charge in [-0.25, -0.2) is 0 Å². The molecule has 0 spiro atoms. The third kappa shape index (κ3) is 5.98. The molecule has 1 aliphatic heterocycles. The predicted molar refractivity (Wildman–Crippen MR) is 89.0 cm³/mol. The zero-order chi connectivity index (χ0) is 17.4. The van der Waals surface area contributed by atoms with Crippen molar-refractivity contribution in [1.29, 1.82) is 0 Å². The number of carbonyl (C=O) groups is 3. The zero-order valence-electron chi connectivity index (χ0n) is 13.4. The summed E-state index contributed by atoms with van der Waals surface area (Å²) < 4.78 is 0. The summed E-state index contributed by atoms with van der Waals surface area (Å²) in [5.74, 6) is -1.72. The molecule has 8 heteroatoms. The summed E-state index contributed by atoms with van der Waals surface area (Å²) in [5, 5.41) is 16.9. The normalized spacial score (nSPS) is 14.8. The van der Waals surface area contributed by atoms with Gasteiger partial charge in [0, 0.05) is 50.4 Å². The van der Waals surface area contributed by atoms with E-state index in [2.05, 4.69) is 20.9 Å². The first-order valence-electron chi connectivity index (χ1n) is 7.87. The lowest BCUT2D eigenvalue weighted by Gasteiger charge is -2.26. The Morgan fingerprint density at radius 3 is 2.67 bits per heavy atom. The minimum atomic E-state index is -1.11. The van der Waals surface area contributed by atoms with Crippen molar-refractivity contribution in [2.75, 3.05) is 44.6 Å². The van der Waals surface area contributed by atoms with Gasteiger partial charge >= 0.3 is 5.97 Å². The molecule has 1 fully saturated rings. The van der Waals surface area contributed by atoms with Crippen molar-refractivity contribution in [2.24, 2.45) is 0 Å². The van der Waals surface area contributed by atoms with Gasteiger partial charge in [0.25, 0.3) is 5.91 Å². The second-order valence-electron chi connectivity index (χ2n) is 5.55. The van der Waals surface area contributed by atoms with Crippen LogP contribution < -0.4 is 16.0 Å². The van der Waals surface area contributed by atoms with Gasteiger partial charge in [0.1, 0.15) is 6.54 Å². The zero-order valence-corrected chi connectivity index (χ0v) is 13.4. The van der Waals surface area contributed by atoms with Crippen molar-refractivity contribution in [1.82, 2.24) is 15.5 Å². The molecule has 24 heavy (non-hydrogen) atoms. The van der Waals surface area contributed by atoms with E-state index in [0.29, 0.717) is 24.2 Å². The van der Waals surface area contributed by atoms with Crippen LogP contribution in [0.3, 0.4) is 0 Å². The van der Waals surface area contributed by atoms with Gasteiger partial charge in [0.2, 0.25) is 5.91 Å². The Labute approximate surface area is 140 Å². The van der Waals surface area contributed by atoms with E-state index in [9.17, 15) is 14.4 Å². The topological polar surface area (TPSA) is 111 Å². The molecule has 130 valence electrons. The molecule has 1 saturated heterocycles. The van der Waals surface area contributed by atoms with E-state index < -0.39 is 18.4 Å². The Bertz CT molecular complexity index is 599. The van der Waals surface area contributed by atoms with Gasteiger partial charge in [-0.05, 0) is 18.2 Å². The van der Waals surface area contributed by atoms with E-state index in [4.69, 9.17) is 5.11 Å². The summed E-state index contributed by atoms with van der Waals surface area (Å²) in [5.41, 5.74) is 0.819. The van der Waals surface area contributed by atoms with Crippen LogP contribution in [0.5, 0.6) is 0 Å². The van der Waals surface area contributed by atoms with Crippen LogP contribution in [-0.4, -0.2) is 67.1 Å². The summed E-state index contributed by atoms with van der Waals surface area (Å²) in [6, 6.07) is 6.42. The Kier molecular flexibility index (Phi) is 6.71. The molecule has 4 N–H and O–H groups in total. The maximum absolute atomic E-state index is 12.0. The average molecular weight is 334 g/mol. The molecular weight excluding hydrogens is 312 g/mol. The SMILES string of the molecule is O=C(O)CNC(=O)c1cccc(NC(=O)CCN2CCNCC2)c1. The highest BCUT2D eigenvalue weighted by atomic mass is 16.4. The number of piperazine rings is 1. The molecule has 2 amide bonds. The monoisotopic (exact) mass is 334 g/mol. The molecule has 1 aromatic rings. The molecule has 0 bridgehead atoms. The predicted octanol–water partition coefficient (Wildman–Crippen LogP) is -0.265. The van der Waals surface area contributed by atoms with Crippen molar-refractivity contribution < 1.29 is 19.5 Å². The van der Waals surface area contributed by atoms with Crippen LogP contribution in [0.25, 0.3) is 0 Å². The van der Waals surface area contributed by atoms with Gasteiger partial charge in [-0.15, -0.1) is 0 Å². The largest absolute Gasteiger partial charge is 0.480 e. The molecule has 0 aliphatic carbocycles. The highest BCUT2D eigenvalue weighted by molar-refractivity contribution is 5.98. The smallest absolute Gasteiger partial charge is 0.322 e. The van der Waals surface area contributed by atoms with E-state index in [1.165, 1.54) is 6.07 Å². The first-order chi connectivity index (χ1) is 11.5. The fourth-order valence-electron chi connectivity index (χ4n) is 2.41. The van der Waals surface area contributed by atoms with E-state index in [-0.39, 0.29) is 5.91 Å². The van der Waals surface area contributed by atoms with Crippen LogP contribution >= 0.6 is 0 Å². The molecule has 0 saturated carbocycles. The third-order valence-corrected chi connectivity index (χ3v) is 3.67. The first-order valence-corrected chi connectivity index (χ1v) is 7.87. The van der Waals surface area contributed by atoms with Crippen LogP contribution in [0, 0.1) is 0 Å². The molecule has 1 heterocycles. The van der Waals surface area contributed by atoms with Crippen molar-refractivity contribution in [2.45, 2.75) is 6.42 Å². The highest BCUT2D eigenvalue weighted by Gasteiger charge is 2.12. The number of amides is 2. The summed E-state index contributed by atoms with van der Waals surface area (Å²) in [4.78, 5) is 36.5. The Morgan fingerprint density at radius 1 is 1.21 bits per heavy atom. The van der Waals surface area contributed by atoms with Crippen molar-refractivity contribution in [3.05, 3.63) is 29.8 Å². The van der Waals surface area contributed by atoms with Crippen LogP contribution in [0.4, 0.5) is 5.69 Å². The summed E-state index contributed by atoms with van der Waals surface area (Å²) in [6.45, 7) is 4.01. The number of aliphatic carboxylic acids is 1. The molecule has 1 aliphatic rings. The molecule has 0 aromatic heterocycles. The van der Waals surface area contributed by atoms with Gasteiger partial charge in [-0.3, -0.25) is 14.4 Å². The maximum atomic E-state index is 12.0. The average Bonchev–Trinajstić information content (AvgIpc) is 2.59. The number of carboxylic acid groups (broad SMARTS) is 1. The van der Waals surface area contributed by atoms with Crippen molar-refractivity contribution in [3.63, 3.8) is 0 Å². The van der Waals surface area contributed by atoms with Crippen LogP contribution in [0.2, 0.25) is 0 Å². The standard InChI is InChI=1S/C16H22N4O4/c21-14(4-7-20-8-5-17-6-9-20)19-13-3-1-2-12(10-13)16(24)18-11-15(22)23/h1-3,10,17H,4-9,11H2,(H,18,24)(H,19,21)(H,22,23). The Hall–Kier alpha value is -2.45. The Balaban J connectivity index is 1.83. The maximum Gasteiger partial charge on any atom is 0.322 e. The number of hydrogen-bond donors (Lipinski definition) is 4. The van der Waals surface area contributed by atoms with Crippen molar-refractivity contribution >= 4 is 23.5 Å². The van der Waals surface area contributed by atoms with E-state index >= 15 is 0 Å².